The highest BCUT2D eigenvalue weighted by atomic mass is 32.2. The minimum atomic E-state index is -3.91. The fourth-order valence-electron chi connectivity index (χ4n) is 6.22. The van der Waals surface area contributed by atoms with Crippen molar-refractivity contribution in [2.45, 2.75) is 87.5 Å². The maximum absolute atomic E-state index is 13.7. The Kier molecular flexibility index (Phi) is 9.74. The van der Waals surface area contributed by atoms with Gasteiger partial charge in [0.2, 0.25) is 21.8 Å². The van der Waals surface area contributed by atoms with Crippen molar-refractivity contribution < 1.29 is 27.9 Å². The molecule has 1 atom stereocenters. The molecule has 3 aromatic rings. The highest BCUT2D eigenvalue weighted by molar-refractivity contribution is 7.89. The van der Waals surface area contributed by atoms with Crippen LogP contribution in [-0.4, -0.2) is 59.4 Å². The van der Waals surface area contributed by atoms with Crippen molar-refractivity contribution in [2.75, 3.05) is 19.0 Å². The van der Waals surface area contributed by atoms with Crippen molar-refractivity contribution >= 4 is 48.7 Å². The number of benzene rings is 1. The van der Waals surface area contributed by atoms with Gasteiger partial charge in [-0.15, -0.1) is 0 Å². The Morgan fingerprint density at radius 3 is 2.38 bits per heavy atom. The zero-order valence-electron chi connectivity index (χ0n) is 23.8. The molecule has 0 saturated heterocycles. The van der Waals surface area contributed by atoms with E-state index in [0.717, 1.165) is 63.4 Å². The molecule has 226 valence electrons. The van der Waals surface area contributed by atoms with Crippen LogP contribution in [0.2, 0.25) is 0 Å². The molecule has 2 aliphatic rings. The van der Waals surface area contributed by atoms with Gasteiger partial charge < -0.3 is 15.2 Å². The van der Waals surface area contributed by atoms with Crippen LogP contribution in [0.1, 0.15) is 82.1 Å². The SMILES string of the molecule is COc1ccc2nc(NC(=O)[C@H](CC3CCCC3)c3ccc(S(=O)(=O)N(CCC(=O)O)C4CCCCC4)cc3)sc2n1. The largest absolute Gasteiger partial charge is 0.481 e. The van der Waals surface area contributed by atoms with Gasteiger partial charge >= 0.3 is 5.97 Å². The van der Waals surface area contributed by atoms with E-state index in [2.05, 4.69) is 15.3 Å². The standard InChI is InChI=1S/C30H38N4O6S2/c1-40-26-16-15-25-29(32-26)41-30(31-25)33-28(37)24(19-20-7-5-6-8-20)21-11-13-23(14-12-21)42(38,39)34(18-17-27(35)36)22-9-3-2-4-10-22/h11-16,20,22,24H,2-10,17-19H2,1H3,(H,35,36)(H,31,33,37)/t24-/m1/s1. The Hall–Kier alpha value is -3.09. The second-order valence-corrected chi connectivity index (χ2v) is 14.1. The smallest absolute Gasteiger partial charge is 0.304 e. The number of thiazole rings is 1. The molecule has 0 radical (unpaired) electrons. The number of hydrogen-bond donors (Lipinski definition) is 2. The lowest BCUT2D eigenvalue weighted by Gasteiger charge is -2.33. The molecule has 2 fully saturated rings. The average Bonchev–Trinajstić information content (AvgIpc) is 3.65. The monoisotopic (exact) mass is 614 g/mol. The Morgan fingerprint density at radius 2 is 1.71 bits per heavy atom. The summed E-state index contributed by atoms with van der Waals surface area (Å²) in [7, 11) is -2.36. The van der Waals surface area contributed by atoms with Gasteiger partial charge in [-0.05, 0) is 48.9 Å². The molecule has 2 N–H and O–H groups in total. The van der Waals surface area contributed by atoms with E-state index >= 15 is 0 Å². The average molecular weight is 615 g/mol. The number of amides is 1. The number of sulfonamides is 1. The van der Waals surface area contributed by atoms with E-state index < -0.39 is 21.9 Å². The predicted octanol–water partition coefficient (Wildman–Crippen LogP) is 5.80. The summed E-state index contributed by atoms with van der Waals surface area (Å²) in [5.74, 6) is -0.786. The number of pyridine rings is 1. The van der Waals surface area contributed by atoms with Crippen LogP contribution in [0.25, 0.3) is 10.3 Å². The molecule has 5 rings (SSSR count). The van der Waals surface area contributed by atoms with E-state index in [9.17, 15) is 23.1 Å². The molecule has 0 unspecified atom stereocenters. The van der Waals surface area contributed by atoms with Gasteiger partial charge in [0.15, 0.2) is 5.13 Å². The van der Waals surface area contributed by atoms with Crippen molar-refractivity contribution in [3.05, 3.63) is 42.0 Å². The van der Waals surface area contributed by atoms with Crippen LogP contribution in [0.5, 0.6) is 5.88 Å². The second-order valence-electron chi connectivity index (χ2n) is 11.2. The van der Waals surface area contributed by atoms with Crippen LogP contribution in [0.3, 0.4) is 0 Å². The third-order valence-corrected chi connectivity index (χ3v) is 11.3. The van der Waals surface area contributed by atoms with Crippen LogP contribution in [0.4, 0.5) is 5.13 Å². The third-order valence-electron chi connectivity index (χ3n) is 8.45. The van der Waals surface area contributed by atoms with E-state index in [1.54, 1.807) is 43.5 Å². The van der Waals surface area contributed by atoms with Gasteiger partial charge in [0.1, 0.15) is 10.3 Å². The van der Waals surface area contributed by atoms with Crippen LogP contribution in [0, 0.1) is 5.92 Å². The maximum atomic E-state index is 13.7. The quantitative estimate of drug-likeness (QED) is 0.261. The Morgan fingerprint density at radius 1 is 1.02 bits per heavy atom. The number of aromatic nitrogens is 2. The summed E-state index contributed by atoms with van der Waals surface area (Å²) < 4.78 is 34.1. The number of aliphatic carboxylic acids is 1. The number of nitrogens with zero attached hydrogens (tertiary/aromatic N) is 3. The molecule has 1 aromatic carbocycles. The van der Waals surface area contributed by atoms with Crippen molar-refractivity contribution in [1.82, 2.24) is 14.3 Å². The van der Waals surface area contributed by atoms with E-state index in [1.165, 1.54) is 15.6 Å². The molecule has 42 heavy (non-hydrogen) atoms. The van der Waals surface area contributed by atoms with Gasteiger partial charge in [0.25, 0.3) is 0 Å². The normalized spacial score (nSPS) is 17.5. The first kappa shape index (κ1) is 30.4. The first-order valence-corrected chi connectivity index (χ1v) is 17.0. The maximum Gasteiger partial charge on any atom is 0.304 e. The zero-order valence-corrected chi connectivity index (χ0v) is 25.5. The lowest BCUT2D eigenvalue weighted by Crippen LogP contribution is -2.42. The fraction of sp³-hybridized carbons (Fsp3) is 0.533. The number of hydrogen-bond acceptors (Lipinski definition) is 8. The Bertz CT molecular complexity index is 1500. The molecule has 2 aromatic heterocycles. The highest BCUT2D eigenvalue weighted by Gasteiger charge is 2.33. The topological polar surface area (TPSA) is 139 Å². The fourth-order valence-corrected chi connectivity index (χ4v) is 8.73. The summed E-state index contributed by atoms with van der Waals surface area (Å²) in [6.45, 7) is -0.0559. The Balaban J connectivity index is 1.38. The van der Waals surface area contributed by atoms with Gasteiger partial charge in [0.05, 0.1) is 24.3 Å². The number of anilines is 1. The molecule has 2 saturated carbocycles. The molecular weight excluding hydrogens is 576 g/mol. The van der Waals surface area contributed by atoms with Crippen LogP contribution in [-0.2, 0) is 19.6 Å². The van der Waals surface area contributed by atoms with Gasteiger partial charge in [-0.3, -0.25) is 9.59 Å². The number of ether oxygens (including phenoxy) is 1. The minimum absolute atomic E-state index is 0.0559. The first-order valence-electron chi connectivity index (χ1n) is 14.7. The second kappa shape index (κ2) is 13.5. The molecule has 12 heteroatoms. The van der Waals surface area contributed by atoms with Gasteiger partial charge in [0, 0.05) is 18.7 Å². The van der Waals surface area contributed by atoms with Crippen molar-refractivity contribution in [1.29, 1.82) is 0 Å². The summed E-state index contributed by atoms with van der Waals surface area (Å²) in [4.78, 5) is 34.7. The van der Waals surface area contributed by atoms with Crippen LogP contribution in [0.15, 0.2) is 41.3 Å². The molecule has 2 heterocycles. The number of fused-ring (bicyclic) bond motifs is 1. The molecule has 10 nitrogen and oxygen atoms in total. The van der Waals surface area contributed by atoms with Gasteiger partial charge in [-0.1, -0.05) is 68.4 Å². The van der Waals surface area contributed by atoms with E-state index in [-0.39, 0.29) is 29.8 Å². The number of nitrogens with one attached hydrogen (secondary N) is 1. The van der Waals surface area contributed by atoms with E-state index in [4.69, 9.17) is 4.74 Å². The molecule has 0 aliphatic heterocycles. The van der Waals surface area contributed by atoms with E-state index in [0.29, 0.717) is 33.7 Å². The van der Waals surface area contributed by atoms with Crippen molar-refractivity contribution in [2.24, 2.45) is 5.92 Å². The van der Waals surface area contributed by atoms with Crippen LogP contribution < -0.4 is 10.1 Å². The summed E-state index contributed by atoms with van der Waals surface area (Å²) in [5.41, 5.74) is 1.41. The highest BCUT2D eigenvalue weighted by Crippen LogP contribution is 2.36. The third kappa shape index (κ3) is 7.09. The molecule has 1 amide bonds. The minimum Gasteiger partial charge on any atom is -0.481 e. The van der Waals surface area contributed by atoms with Crippen molar-refractivity contribution in [3.63, 3.8) is 0 Å². The number of carboxylic acid groups (broad SMARTS) is 1. The summed E-state index contributed by atoms with van der Waals surface area (Å²) >= 11 is 1.28. The number of carbonyl (C=O) groups excluding carboxylic acids is 1. The molecule has 0 bridgehead atoms. The number of rotatable bonds is 12. The molecule has 2 aliphatic carbocycles. The van der Waals surface area contributed by atoms with E-state index in [1.807, 2.05) is 0 Å². The molecule has 0 spiro atoms. The van der Waals surface area contributed by atoms with Crippen LogP contribution >= 0.6 is 11.3 Å². The van der Waals surface area contributed by atoms with Gasteiger partial charge in [-0.25, -0.2) is 18.4 Å². The number of carboxylic acids is 1. The lowest BCUT2D eigenvalue weighted by molar-refractivity contribution is -0.137. The first-order chi connectivity index (χ1) is 20.2. The number of methoxy groups -OCH3 is 1. The summed E-state index contributed by atoms with van der Waals surface area (Å²) in [6.07, 6.45) is 9.24. The zero-order chi connectivity index (χ0) is 29.7. The summed E-state index contributed by atoms with van der Waals surface area (Å²) in [6, 6.07) is 9.90. The lowest BCUT2D eigenvalue weighted by atomic mass is 9.87. The van der Waals surface area contributed by atoms with Gasteiger partial charge in [-0.2, -0.15) is 4.31 Å². The Labute approximate surface area is 250 Å². The molecular formula is C30H38N4O6S2. The summed E-state index contributed by atoms with van der Waals surface area (Å²) in [5, 5.41) is 12.7. The number of carbonyl (C=O) groups is 2. The van der Waals surface area contributed by atoms with Crippen molar-refractivity contribution in [3.8, 4) is 5.88 Å². The predicted molar refractivity (Wildman–Crippen MR) is 161 cm³/mol.